The average Bonchev–Trinajstić information content (AvgIpc) is 2.37. The van der Waals surface area contributed by atoms with E-state index in [9.17, 15) is 0 Å². The van der Waals surface area contributed by atoms with Crippen LogP contribution in [0.25, 0.3) is 0 Å². The van der Waals surface area contributed by atoms with Crippen LogP contribution in [-0.2, 0) is 6.61 Å². The monoisotopic (exact) mass is 258 g/mol. The number of rotatable bonds is 3. The van der Waals surface area contributed by atoms with Crippen molar-refractivity contribution < 1.29 is 4.74 Å². The summed E-state index contributed by atoms with van der Waals surface area (Å²) in [4.78, 5) is 4.33. The van der Waals surface area contributed by atoms with Crippen LogP contribution in [0.5, 0.6) is 5.75 Å². The molecule has 0 fully saturated rings. The lowest BCUT2D eigenvalue weighted by Gasteiger charge is -2.08. The van der Waals surface area contributed by atoms with Gasteiger partial charge in [0.1, 0.15) is 18.4 Å². The van der Waals surface area contributed by atoms with E-state index in [1.807, 2.05) is 25.1 Å². The van der Waals surface area contributed by atoms with E-state index < -0.39 is 0 Å². The molecule has 0 aliphatic heterocycles. The maximum absolute atomic E-state index is 8.96. The Morgan fingerprint density at radius 2 is 2.17 bits per heavy atom. The summed E-state index contributed by atoms with van der Waals surface area (Å²) in [6, 6.07) is 12.7. The molecule has 0 bridgehead atoms. The molecule has 0 N–H and O–H groups in total. The Labute approximate surface area is 111 Å². The number of halogens is 1. The van der Waals surface area contributed by atoms with Gasteiger partial charge in [0, 0.05) is 16.8 Å². The number of pyridine rings is 1. The predicted octanol–water partition coefficient (Wildman–Crippen LogP) is 3.49. The molecule has 0 atom stereocenters. The number of aromatic nitrogens is 1. The fraction of sp³-hybridized carbons (Fsp3) is 0.143. The van der Waals surface area contributed by atoms with Crippen molar-refractivity contribution in [2.75, 3.05) is 0 Å². The summed E-state index contributed by atoms with van der Waals surface area (Å²) in [6.07, 6.45) is 0. The molecule has 0 amide bonds. The first-order valence-corrected chi connectivity index (χ1v) is 5.82. The van der Waals surface area contributed by atoms with Gasteiger partial charge in [-0.2, -0.15) is 5.26 Å². The molecule has 0 spiro atoms. The number of nitrogens with zero attached hydrogens (tertiary/aromatic N) is 2. The van der Waals surface area contributed by atoms with Gasteiger partial charge in [-0.05, 0) is 31.2 Å². The van der Waals surface area contributed by atoms with Crippen molar-refractivity contribution >= 4 is 11.6 Å². The van der Waals surface area contributed by atoms with Crippen molar-refractivity contribution in [1.82, 2.24) is 4.98 Å². The van der Waals surface area contributed by atoms with Crippen LogP contribution in [0.1, 0.15) is 17.0 Å². The molecule has 3 nitrogen and oxygen atoms in total. The van der Waals surface area contributed by atoms with Crippen LogP contribution < -0.4 is 4.74 Å². The number of hydrogen-bond donors (Lipinski definition) is 0. The molecule has 0 radical (unpaired) electrons. The fourth-order valence-electron chi connectivity index (χ4n) is 1.54. The quantitative estimate of drug-likeness (QED) is 0.847. The van der Waals surface area contributed by atoms with E-state index in [1.165, 1.54) is 0 Å². The standard InChI is InChI=1S/C14H11ClN2O/c1-10-3-2-4-13(17-10)9-18-14-7-12(15)6-5-11(14)8-16/h2-7H,9H2,1H3. The van der Waals surface area contributed by atoms with Crippen molar-refractivity contribution in [3.63, 3.8) is 0 Å². The Kier molecular flexibility index (Phi) is 3.81. The molecular formula is C14H11ClN2O. The lowest BCUT2D eigenvalue weighted by molar-refractivity contribution is 0.300. The van der Waals surface area contributed by atoms with Crippen LogP contribution >= 0.6 is 11.6 Å². The van der Waals surface area contributed by atoms with Crippen LogP contribution in [0.4, 0.5) is 0 Å². The molecule has 90 valence electrons. The van der Waals surface area contributed by atoms with E-state index in [0.717, 1.165) is 11.4 Å². The number of benzene rings is 1. The molecule has 4 heteroatoms. The number of aryl methyl sites for hydroxylation is 1. The molecule has 0 aliphatic carbocycles. The summed E-state index contributed by atoms with van der Waals surface area (Å²) >= 11 is 5.88. The average molecular weight is 259 g/mol. The zero-order valence-electron chi connectivity index (χ0n) is 9.85. The van der Waals surface area contributed by atoms with Gasteiger partial charge >= 0.3 is 0 Å². The smallest absolute Gasteiger partial charge is 0.139 e. The first-order chi connectivity index (χ1) is 8.69. The van der Waals surface area contributed by atoms with Gasteiger partial charge in [0.2, 0.25) is 0 Å². The Hall–Kier alpha value is -2.05. The van der Waals surface area contributed by atoms with Crippen molar-refractivity contribution in [3.8, 4) is 11.8 Å². The molecule has 2 aromatic rings. The zero-order valence-corrected chi connectivity index (χ0v) is 10.6. The first kappa shape index (κ1) is 12.4. The number of ether oxygens (including phenoxy) is 1. The Bertz CT molecular complexity index is 605. The molecule has 0 unspecified atom stereocenters. The first-order valence-electron chi connectivity index (χ1n) is 5.44. The summed E-state index contributed by atoms with van der Waals surface area (Å²) in [7, 11) is 0. The van der Waals surface area contributed by atoms with E-state index in [1.54, 1.807) is 18.2 Å². The van der Waals surface area contributed by atoms with E-state index >= 15 is 0 Å². The molecule has 18 heavy (non-hydrogen) atoms. The minimum absolute atomic E-state index is 0.316. The van der Waals surface area contributed by atoms with Gasteiger partial charge in [0.15, 0.2) is 0 Å². The maximum Gasteiger partial charge on any atom is 0.139 e. The Balaban J connectivity index is 2.15. The lowest BCUT2D eigenvalue weighted by atomic mass is 10.2. The minimum atomic E-state index is 0.316. The molecular weight excluding hydrogens is 248 g/mol. The molecule has 1 heterocycles. The number of hydrogen-bond acceptors (Lipinski definition) is 3. The zero-order chi connectivity index (χ0) is 13.0. The normalized spacial score (nSPS) is 9.83. The van der Waals surface area contributed by atoms with Crippen molar-refractivity contribution in [3.05, 3.63) is 58.4 Å². The summed E-state index contributed by atoms with van der Waals surface area (Å²) < 4.78 is 5.58. The van der Waals surface area contributed by atoms with Gasteiger partial charge < -0.3 is 4.74 Å². The van der Waals surface area contributed by atoms with Gasteiger partial charge in [0.05, 0.1) is 11.3 Å². The third kappa shape index (κ3) is 2.99. The van der Waals surface area contributed by atoms with E-state index in [-0.39, 0.29) is 0 Å². The van der Waals surface area contributed by atoms with E-state index in [2.05, 4.69) is 11.1 Å². The Morgan fingerprint density at radius 1 is 1.33 bits per heavy atom. The van der Waals surface area contributed by atoms with Crippen LogP contribution in [0.3, 0.4) is 0 Å². The van der Waals surface area contributed by atoms with Gasteiger partial charge in [-0.3, -0.25) is 4.98 Å². The molecule has 0 aliphatic rings. The second kappa shape index (κ2) is 5.52. The van der Waals surface area contributed by atoms with Crippen LogP contribution in [-0.4, -0.2) is 4.98 Å². The molecule has 1 aromatic carbocycles. The summed E-state index contributed by atoms with van der Waals surface area (Å²) in [5.74, 6) is 0.480. The highest BCUT2D eigenvalue weighted by Gasteiger charge is 2.05. The summed E-state index contributed by atoms with van der Waals surface area (Å²) in [5, 5.41) is 9.50. The van der Waals surface area contributed by atoms with Gasteiger partial charge in [0.25, 0.3) is 0 Å². The van der Waals surface area contributed by atoms with Crippen LogP contribution in [0, 0.1) is 18.3 Å². The summed E-state index contributed by atoms with van der Waals surface area (Å²) in [5.41, 5.74) is 2.22. The van der Waals surface area contributed by atoms with Gasteiger partial charge in [-0.1, -0.05) is 17.7 Å². The fourth-order valence-corrected chi connectivity index (χ4v) is 1.70. The third-order valence-electron chi connectivity index (χ3n) is 2.39. The second-order valence-electron chi connectivity index (χ2n) is 3.81. The Morgan fingerprint density at radius 3 is 2.89 bits per heavy atom. The topological polar surface area (TPSA) is 45.9 Å². The third-order valence-corrected chi connectivity index (χ3v) is 2.62. The highest BCUT2D eigenvalue weighted by Crippen LogP contribution is 2.23. The van der Waals surface area contributed by atoms with E-state index in [0.29, 0.717) is 22.9 Å². The van der Waals surface area contributed by atoms with E-state index in [4.69, 9.17) is 21.6 Å². The highest BCUT2D eigenvalue weighted by atomic mass is 35.5. The minimum Gasteiger partial charge on any atom is -0.486 e. The molecule has 0 saturated heterocycles. The largest absolute Gasteiger partial charge is 0.486 e. The highest BCUT2D eigenvalue weighted by molar-refractivity contribution is 6.30. The van der Waals surface area contributed by atoms with Crippen molar-refractivity contribution in [2.24, 2.45) is 0 Å². The SMILES string of the molecule is Cc1cccc(COc2cc(Cl)ccc2C#N)n1. The summed E-state index contributed by atoms with van der Waals surface area (Å²) in [6.45, 7) is 2.24. The lowest BCUT2D eigenvalue weighted by Crippen LogP contribution is -2.00. The van der Waals surface area contributed by atoms with Crippen LogP contribution in [0.2, 0.25) is 5.02 Å². The van der Waals surface area contributed by atoms with Crippen molar-refractivity contribution in [2.45, 2.75) is 13.5 Å². The van der Waals surface area contributed by atoms with Crippen LogP contribution in [0.15, 0.2) is 36.4 Å². The predicted molar refractivity (Wildman–Crippen MR) is 69.5 cm³/mol. The van der Waals surface area contributed by atoms with Gasteiger partial charge in [-0.15, -0.1) is 0 Å². The van der Waals surface area contributed by atoms with Gasteiger partial charge in [-0.25, -0.2) is 0 Å². The molecule has 1 aromatic heterocycles. The van der Waals surface area contributed by atoms with Crippen molar-refractivity contribution in [1.29, 1.82) is 5.26 Å². The maximum atomic E-state index is 8.96. The molecule has 0 saturated carbocycles. The molecule has 2 rings (SSSR count). The second-order valence-corrected chi connectivity index (χ2v) is 4.25. The number of nitriles is 1.